The van der Waals surface area contributed by atoms with E-state index in [4.69, 9.17) is 9.84 Å². The van der Waals surface area contributed by atoms with Crippen LogP contribution in [0.1, 0.15) is 19.3 Å². The average Bonchev–Trinajstić information content (AvgIpc) is 3.24. The molecule has 114 valence electrons. The van der Waals surface area contributed by atoms with Gasteiger partial charge in [-0.25, -0.2) is 0 Å². The number of nitro benzene ring substituents is 1. The van der Waals surface area contributed by atoms with E-state index in [9.17, 15) is 14.9 Å². The highest BCUT2D eigenvalue weighted by Gasteiger charge is 2.41. The lowest BCUT2D eigenvalue weighted by Crippen LogP contribution is -2.34. The number of carbonyl (C=O) groups excluding carboxylic acids is 1. The summed E-state index contributed by atoms with van der Waals surface area (Å²) >= 11 is 0. The van der Waals surface area contributed by atoms with Gasteiger partial charge in [-0.15, -0.1) is 0 Å². The third-order valence-electron chi connectivity index (χ3n) is 3.68. The summed E-state index contributed by atoms with van der Waals surface area (Å²) in [4.78, 5) is 21.7. The van der Waals surface area contributed by atoms with E-state index in [2.05, 4.69) is 5.32 Å². The molecule has 1 aromatic rings. The molecule has 1 aromatic carbocycles. The summed E-state index contributed by atoms with van der Waals surface area (Å²) in [5.41, 5.74) is 0.0455. The van der Waals surface area contributed by atoms with Gasteiger partial charge in [-0.3, -0.25) is 14.9 Å². The smallest absolute Gasteiger partial charge is 0.269 e. The molecular formula is C14H18N2O5. The number of amides is 1. The first-order valence-electron chi connectivity index (χ1n) is 6.79. The molecule has 0 spiro atoms. The highest BCUT2D eigenvalue weighted by Crippen LogP contribution is 2.47. The van der Waals surface area contributed by atoms with E-state index >= 15 is 0 Å². The van der Waals surface area contributed by atoms with E-state index in [1.165, 1.54) is 24.3 Å². The number of nitrogens with one attached hydrogen (secondary N) is 1. The molecule has 21 heavy (non-hydrogen) atoms. The van der Waals surface area contributed by atoms with Crippen molar-refractivity contribution in [2.45, 2.75) is 19.3 Å². The van der Waals surface area contributed by atoms with Gasteiger partial charge in [-0.2, -0.15) is 0 Å². The van der Waals surface area contributed by atoms with Crippen molar-refractivity contribution in [2.75, 3.05) is 19.8 Å². The lowest BCUT2D eigenvalue weighted by Gasteiger charge is -2.14. The molecule has 0 bridgehead atoms. The van der Waals surface area contributed by atoms with Gasteiger partial charge in [0.2, 0.25) is 0 Å². The Labute approximate surface area is 122 Å². The van der Waals surface area contributed by atoms with Crippen molar-refractivity contribution >= 4 is 11.6 Å². The highest BCUT2D eigenvalue weighted by atomic mass is 16.6. The minimum Gasteiger partial charge on any atom is -0.484 e. The van der Waals surface area contributed by atoms with E-state index in [1.807, 2.05) is 0 Å². The molecule has 7 heteroatoms. The summed E-state index contributed by atoms with van der Waals surface area (Å²) in [6.45, 7) is 0.554. The predicted molar refractivity (Wildman–Crippen MR) is 75.0 cm³/mol. The van der Waals surface area contributed by atoms with Gasteiger partial charge in [-0.1, -0.05) is 0 Å². The van der Waals surface area contributed by atoms with Crippen molar-refractivity contribution in [3.8, 4) is 5.75 Å². The maximum atomic E-state index is 11.7. The fraction of sp³-hybridized carbons (Fsp3) is 0.500. The van der Waals surface area contributed by atoms with Gasteiger partial charge in [-0.05, 0) is 36.8 Å². The fourth-order valence-corrected chi connectivity index (χ4v) is 2.08. The molecule has 2 N–H and O–H groups in total. The molecule has 1 amide bonds. The second-order valence-corrected chi connectivity index (χ2v) is 5.29. The number of aliphatic hydroxyl groups is 1. The number of aliphatic hydroxyl groups excluding tert-OH is 1. The van der Waals surface area contributed by atoms with E-state index in [1.54, 1.807) is 0 Å². The Morgan fingerprint density at radius 1 is 1.38 bits per heavy atom. The Morgan fingerprint density at radius 2 is 2.05 bits per heavy atom. The highest BCUT2D eigenvalue weighted by molar-refractivity contribution is 5.77. The van der Waals surface area contributed by atoms with Crippen molar-refractivity contribution in [2.24, 2.45) is 5.41 Å². The standard InChI is InChI=1S/C14H18N2O5/c17-8-7-14(5-6-14)10-15-13(18)9-21-12-3-1-11(2-4-12)16(19)20/h1-4,17H,5-10H2,(H,15,18). The third kappa shape index (κ3) is 4.42. The SMILES string of the molecule is O=C(COc1ccc([N+](=O)[O-])cc1)NCC1(CCO)CC1. The number of non-ortho nitro benzene ring substituents is 1. The second-order valence-electron chi connectivity index (χ2n) is 5.29. The van der Waals surface area contributed by atoms with Crippen LogP contribution >= 0.6 is 0 Å². The first-order valence-corrected chi connectivity index (χ1v) is 6.79. The number of hydrogen-bond acceptors (Lipinski definition) is 5. The zero-order valence-corrected chi connectivity index (χ0v) is 11.6. The number of hydrogen-bond donors (Lipinski definition) is 2. The molecule has 7 nitrogen and oxygen atoms in total. The monoisotopic (exact) mass is 294 g/mol. The van der Waals surface area contributed by atoms with Crippen LogP contribution in [0.2, 0.25) is 0 Å². The van der Waals surface area contributed by atoms with Crippen LogP contribution in [0.4, 0.5) is 5.69 Å². The topological polar surface area (TPSA) is 102 Å². The summed E-state index contributed by atoms with van der Waals surface area (Å²) in [5, 5.41) is 22.2. The van der Waals surface area contributed by atoms with Crippen LogP contribution in [0, 0.1) is 15.5 Å². The Morgan fingerprint density at radius 3 is 2.57 bits per heavy atom. The van der Waals surface area contributed by atoms with Crippen molar-refractivity contribution in [1.29, 1.82) is 0 Å². The molecule has 0 radical (unpaired) electrons. The van der Waals surface area contributed by atoms with Gasteiger partial charge in [0.1, 0.15) is 5.75 Å². The van der Waals surface area contributed by atoms with Gasteiger partial charge in [0.05, 0.1) is 4.92 Å². The van der Waals surface area contributed by atoms with Gasteiger partial charge >= 0.3 is 0 Å². The lowest BCUT2D eigenvalue weighted by atomic mass is 10.0. The van der Waals surface area contributed by atoms with Crippen LogP contribution in [0.3, 0.4) is 0 Å². The largest absolute Gasteiger partial charge is 0.484 e. The third-order valence-corrected chi connectivity index (χ3v) is 3.68. The Balaban J connectivity index is 1.72. The summed E-state index contributed by atoms with van der Waals surface area (Å²) in [5.74, 6) is 0.171. The number of rotatable bonds is 8. The molecule has 2 rings (SSSR count). The molecule has 1 aliphatic carbocycles. The molecule has 0 aliphatic heterocycles. The lowest BCUT2D eigenvalue weighted by molar-refractivity contribution is -0.384. The van der Waals surface area contributed by atoms with Gasteiger partial charge in [0, 0.05) is 25.3 Å². The van der Waals surface area contributed by atoms with E-state index in [0.717, 1.165) is 12.8 Å². The van der Waals surface area contributed by atoms with Crippen LogP contribution in [-0.4, -0.2) is 35.7 Å². The molecule has 0 unspecified atom stereocenters. The molecule has 1 fully saturated rings. The van der Waals surface area contributed by atoms with E-state index in [0.29, 0.717) is 18.7 Å². The fourth-order valence-electron chi connectivity index (χ4n) is 2.08. The number of nitro groups is 1. The first-order chi connectivity index (χ1) is 10.0. The Bertz CT molecular complexity index is 511. The number of carbonyl (C=O) groups is 1. The molecule has 1 saturated carbocycles. The van der Waals surface area contributed by atoms with Gasteiger partial charge < -0.3 is 15.2 Å². The van der Waals surface area contributed by atoms with Gasteiger partial charge in [0.15, 0.2) is 6.61 Å². The predicted octanol–water partition coefficient (Wildman–Crippen LogP) is 1.25. The van der Waals surface area contributed by atoms with Crippen LogP contribution < -0.4 is 10.1 Å². The van der Waals surface area contributed by atoms with Crippen molar-refractivity contribution in [3.63, 3.8) is 0 Å². The van der Waals surface area contributed by atoms with Crippen LogP contribution in [0.5, 0.6) is 5.75 Å². The summed E-state index contributed by atoms with van der Waals surface area (Å²) in [6, 6.07) is 5.57. The number of ether oxygens (including phenoxy) is 1. The van der Waals surface area contributed by atoms with E-state index < -0.39 is 4.92 Å². The van der Waals surface area contributed by atoms with Crippen LogP contribution in [-0.2, 0) is 4.79 Å². The molecule has 1 aliphatic rings. The minimum atomic E-state index is -0.493. The maximum absolute atomic E-state index is 11.7. The van der Waals surface area contributed by atoms with E-state index in [-0.39, 0.29) is 30.2 Å². The summed E-state index contributed by atoms with van der Waals surface area (Å²) in [6.07, 6.45) is 2.75. The zero-order valence-electron chi connectivity index (χ0n) is 11.6. The van der Waals surface area contributed by atoms with Crippen LogP contribution in [0.15, 0.2) is 24.3 Å². The second kappa shape index (κ2) is 6.53. The summed E-state index contributed by atoms with van der Waals surface area (Å²) < 4.78 is 5.26. The van der Waals surface area contributed by atoms with Crippen LogP contribution in [0.25, 0.3) is 0 Å². The molecule has 0 heterocycles. The first kappa shape index (κ1) is 15.2. The zero-order chi connectivity index (χ0) is 15.3. The normalized spacial score (nSPS) is 15.3. The molecule has 0 saturated heterocycles. The minimum absolute atomic E-state index is 0.0218. The number of nitrogens with zero attached hydrogens (tertiary/aromatic N) is 1. The molecular weight excluding hydrogens is 276 g/mol. The Hall–Kier alpha value is -2.15. The van der Waals surface area contributed by atoms with Crippen molar-refractivity contribution in [3.05, 3.63) is 34.4 Å². The van der Waals surface area contributed by atoms with Crippen molar-refractivity contribution in [1.82, 2.24) is 5.32 Å². The quantitative estimate of drug-likeness (QED) is 0.555. The summed E-state index contributed by atoms with van der Waals surface area (Å²) in [7, 11) is 0. The maximum Gasteiger partial charge on any atom is 0.269 e. The number of benzene rings is 1. The van der Waals surface area contributed by atoms with Gasteiger partial charge in [0.25, 0.3) is 11.6 Å². The average molecular weight is 294 g/mol. The molecule has 0 atom stereocenters. The molecule has 0 aromatic heterocycles. The Kier molecular flexibility index (Phi) is 4.74. The van der Waals surface area contributed by atoms with Crippen molar-refractivity contribution < 1.29 is 19.6 Å².